The zero-order valence-corrected chi connectivity index (χ0v) is 21.5. The van der Waals surface area contributed by atoms with Crippen molar-refractivity contribution >= 4 is 0 Å². The van der Waals surface area contributed by atoms with Crippen LogP contribution in [0.25, 0.3) is 0 Å². The highest BCUT2D eigenvalue weighted by molar-refractivity contribution is 4.83. The van der Waals surface area contributed by atoms with Gasteiger partial charge in [-0.3, -0.25) is 0 Å². The topological polar surface area (TPSA) is 38.0 Å². The Balaban J connectivity index is 3.10. The van der Waals surface area contributed by atoms with E-state index < -0.39 is 0 Å². The van der Waals surface area contributed by atoms with E-state index in [1.807, 2.05) is 0 Å². The van der Waals surface area contributed by atoms with Crippen LogP contribution in [0.15, 0.2) is 0 Å². The lowest BCUT2D eigenvalue weighted by molar-refractivity contribution is 0.367. The van der Waals surface area contributed by atoms with Crippen LogP contribution >= 0.6 is 0 Å². The van der Waals surface area contributed by atoms with Crippen molar-refractivity contribution in [2.75, 3.05) is 13.1 Å². The van der Waals surface area contributed by atoms with Crippen LogP contribution in [0, 0.1) is 0 Å². The summed E-state index contributed by atoms with van der Waals surface area (Å²) in [7, 11) is 0. The number of nitrogens with two attached hydrogens (primary N) is 1. The van der Waals surface area contributed by atoms with Crippen LogP contribution in [-0.2, 0) is 0 Å². The van der Waals surface area contributed by atoms with Gasteiger partial charge in [-0.2, -0.15) is 0 Å². The highest BCUT2D eigenvalue weighted by Gasteiger charge is 2.18. The summed E-state index contributed by atoms with van der Waals surface area (Å²) in [5.41, 5.74) is 6.33. The molecule has 0 aliphatic carbocycles. The van der Waals surface area contributed by atoms with Crippen molar-refractivity contribution in [1.29, 1.82) is 0 Å². The Kier molecular flexibility index (Phi) is 23.5. The van der Waals surface area contributed by atoms with Gasteiger partial charge in [0, 0.05) is 12.1 Å². The number of hydrogen-bond acceptors (Lipinski definition) is 2. The van der Waals surface area contributed by atoms with Crippen LogP contribution in [0.4, 0.5) is 0 Å². The van der Waals surface area contributed by atoms with Gasteiger partial charge < -0.3 is 11.1 Å². The Hall–Kier alpha value is -0.0800. The lowest BCUT2D eigenvalue weighted by Gasteiger charge is -2.26. The molecule has 182 valence electrons. The molecule has 0 aliphatic heterocycles. The third-order valence-corrected chi connectivity index (χ3v) is 7.09. The third kappa shape index (κ3) is 21.2. The molecule has 0 heterocycles. The van der Waals surface area contributed by atoms with Crippen LogP contribution in [0.2, 0.25) is 0 Å². The van der Waals surface area contributed by atoms with Crippen molar-refractivity contribution in [2.24, 2.45) is 5.73 Å². The predicted octanol–water partition coefficient (Wildman–Crippen LogP) is 8.92. The van der Waals surface area contributed by atoms with Crippen molar-refractivity contribution in [3.8, 4) is 0 Å². The molecule has 0 aromatic rings. The summed E-state index contributed by atoms with van der Waals surface area (Å²) < 4.78 is 0. The van der Waals surface area contributed by atoms with Crippen LogP contribution in [0.5, 0.6) is 0 Å². The molecule has 0 saturated heterocycles. The summed E-state index contributed by atoms with van der Waals surface area (Å²) in [5, 5.41) is 3.56. The summed E-state index contributed by atoms with van der Waals surface area (Å²) in [6.07, 6.45) is 31.1. The average molecular weight is 425 g/mol. The van der Waals surface area contributed by atoms with Crippen LogP contribution < -0.4 is 11.1 Å². The minimum Gasteiger partial charge on any atom is -0.324 e. The molecular weight excluding hydrogens is 364 g/mol. The third-order valence-electron chi connectivity index (χ3n) is 7.09. The maximum absolute atomic E-state index is 6.32. The van der Waals surface area contributed by atoms with E-state index in [9.17, 15) is 0 Å². The number of rotatable bonds is 25. The second kappa shape index (κ2) is 23.6. The maximum Gasteiger partial charge on any atom is 0.0275 e. The van der Waals surface area contributed by atoms with Crippen molar-refractivity contribution in [3.63, 3.8) is 0 Å². The largest absolute Gasteiger partial charge is 0.324 e. The molecule has 0 amide bonds. The SMILES string of the molecule is CCCCCCCCCCCCCCCCCCCCCCNCC(N)(CC)CC. The van der Waals surface area contributed by atoms with Crippen molar-refractivity contribution < 1.29 is 0 Å². The summed E-state index contributed by atoms with van der Waals surface area (Å²) in [6.45, 7) is 8.80. The molecule has 2 nitrogen and oxygen atoms in total. The molecule has 0 unspecified atom stereocenters. The van der Waals surface area contributed by atoms with Gasteiger partial charge in [0.2, 0.25) is 0 Å². The quantitative estimate of drug-likeness (QED) is 0.143. The minimum absolute atomic E-state index is 0.00749. The Morgan fingerprint density at radius 1 is 0.467 bits per heavy atom. The minimum atomic E-state index is 0.00749. The highest BCUT2D eigenvalue weighted by atomic mass is 14.9. The zero-order chi connectivity index (χ0) is 22.2. The molecule has 0 bridgehead atoms. The van der Waals surface area contributed by atoms with Gasteiger partial charge in [-0.1, -0.05) is 143 Å². The van der Waals surface area contributed by atoms with E-state index in [1.165, 1.54) is 128 Å². The lowest BCUT2D eigenvalue weighted by Crippen LogP contribution is -2.47. The van der Waals surface area contributed by atoms with E-state index in [4.69, 9.17) is 5.73 Å². The zero-order valence-electron chi connectivity index (χ0n) is 21.5. The van der Waals surface area contributed by atoms with Crippen molar-refractivity contribution in [3.05, 3.63) is 0 Å². The first-order valence-corrected chi connectivity index (χ1v) is 14.2. The van der Waals surface area contributed by atoms with Gasteiger partial charge in [-0.05, 0) is 25.8 Å². The van der Waals surface area contributed by atoms with E-state index in [1.54, 1.807) is 0 Å². The standard InChI is InChI=1S/C28H60N2/c1-4-7-8-9-10-11-12-13-14-15-16-17-18-19-20-21-22-23-24-25-26-30-27-28(29,5-2)6-3/h30H,4-27,29H2,1-3H3. The van der Waals surface area contributed by atoms with Crippen molar-refractivity contribution in [1.82, 2.24) is 5.32 Å². The Morgan fingerprint density at radius 3 is 1.07 bits per heavy atom. The van der Waals surface area contributed by atoms with Crippen LogP contribution in [0.1, 0.15) is 162 Å². The lowest BCUT2D eigenvalue weighted by atomic mass is 9.94. The van der Waals surface area contributed by atoms with E-state index in [0.717, 1.165) is 25.9 Å². The molecule has 0 rings (SSSR count). The van der Waals surface area contributed by atoms with E-state index in [2.05, 4.69) is 26.1 Å². The fourth-order valence-electron chi connectivity index (χ4n) is 4.34. The first kappa shape index (κ1) is 29.9. The number of hydrogen-bond donors (Lipinski definition) is 2. The maximum atomic E-state index is 6.32. The molecule has 0 saturated carbocycles. The summed E-state index contributed by atoms with van der Waals surface area (Å²) in [6, 6.07) is 0. The highest BCUT2D eigenvalue weighted by Crippen LogP contribution is 2.15. The summed E-state index contributed by atoms with van der Waals surface area (Å²) in [5.74, 6) is 0. The van der Waals surface area contributed by atoms with Gasteiger partial charge in [-0.15, -0.1) is 0 Å². The van der Waals surface area contributed by atoms with E-state index >= 15 is 0 Å². The van der Waals surface area contributed by atoms with E-state index in [0.29, 0.717) is 0 Å². The molecular formula is C28H60N2. The monoisotopic (exact) mass is 424 g/mol. The van der Waals surface area contributed by atoms with Gasteiger partial charge in [0.15, 0.2) is 0 Å². The van der Waals surface area contributed by atoms with Gasteiger partial charge in [0.1, 0.15) is 0 Å². The number of unbranched alkanes of at least 4 members (excludes halogenated alkanes) is 19. The Bertz CT molecular complexity index is 312. The van der Waals surface area contributed by atoms with Gasteiger partial charge in [0.25, 0.3) is 0 Å². The van der Waals surface area contributed by atoms with E-state index in [-0.39, 0.29) is 5.54 Å². The molecule has 0 spiro atoms. The molecule has 30 heavy (non-hydrogen) atoms. The summed E-state index contributed by atoms with van der Waals surface area (Å²) in [4.78, 5) is 0. The number of nitrogens with one attached hydrogen (secondary N) is 1. The van der Waals surface area contributed by atoms with Crippen LogP contribution in [-0.4, -0.2) is 18.6 Å². The molecule has 3 N–H and O–H groups in total. The Morgan fingerprint density at radius 2 is 0.767 bits per heavy atom. The van der Waals surface area contributed by atoms with Gasteiger partial charge >= 0.3 is 0 Å². The summed E-state index contributed by atoms with van der Waals surface area (Å²) >= 11 is 0. The molecule has 0 radical (unpaired) electrons. The molecule has 0 fully saturated rings. The Labute approximate surface area is 191 Å². The molecule has 2 heteroatoms. The average Bonchev–Trinajstić information content (AvgIpc) is 2.77. The second-order valence-corrected chi connectivity index (χ2v) is 9.96. The van der Waals surface area contributed by atoms with Crippen molar-refractivity contribution in [2.45, 2.75) is 168 Å². The molecule has 0 aromatic heterocycles. The fraction of sp³-hybridized carbons (Fsp3) is 1.00. The van der Waals surface area contributed by atoms with Crippen LogP contribution in [0.3, 0.4) is 0 Å². The smallest absolute Gasteiger partial charge is 0.0275 e. The van der Waals surface area contributed by atoms with Gasteiger partial charge in [-0.25, -0.2) is 0 Å². The predicted molar refractivity (Wildman–Crippen MR) is 138 cm³/mol. The normalized spacial score (nSPS) is 12.0. The fourth-order valence-corrected chi connectivity index (χ4v) is 4.34. The molecule has 0 aliphatic rings. The van der Waals surface area contributed by atoms with Gasteiger partial charge in [0.05, 0.1) is 0 Å². The first-order valence-electron chi connectivity index (χ1n) is 14.2. The second-order valence-electron chi connectivity index (χ2n) is 9.96. The molecule has 0 atom stereocenters. The molecule has 0 aromatic carbocycles. The first-order chi connectivity index (χ1) is 14.7.